The average Bonchev–Trinajstić information content (AvgIpc) is 3.64. The lowest BCUT2D eigenvalue weighted by Crippen LogP contribution is -2.39. The molecule has 2 aliphatic rings. The highest BCUT2D eigenvalue weighted by Gasteiger charge is 2.41. The van der Waals surface area contributed by atoms with Gasteiger partial charge < -0.3 is 19.8 Å². The molecule has 1 aliphatic heterocycles. The number of aliphatic hydroxyl groups is 1. The number of ether oxygens (including phenoxy) is 1. The van der Waals surface area contributed by atoms with E-state index in [1.54, 1.807) is 17.0 Å². The van der Waals surface area contributed by atoms with Crippen LogP contribution in [0.15, 0.2) is 48.2 Å². The van der Waals surface area contributed by atoms with Crippen molar-refractivity contribution >= 4 is 17.4 Å². The van der Waals surface area contributed by atoms with Crippen LogP contribution in [0.4, 0.5) is 13.2 Å². The number of hydrogen-bond donors (Lipinski definition) is 2. The minimum atomic E-state index is -4.93. The molecule has 1 amide bonds. The lowest BCUT2D eigenvalue weighted by molar-refractivity contribution is -0.143. The van der Waals surface area contributed by atoms with Crippen molar-refractivity contribution in [3.8, 4) is 11.6 Å². The number of pyridine rings is 1. The first-order valence-corrected chi connectivity index (χ1v) is 13.8. The molecule has 2 N–H and O–H groups in total. The van der Waals surface area contributed by atoms with Gasteiger partial charge in [0.1, 0.15) is 24.5 Å². The van der Waals surface area contributed by atoms with E-state index >= 15 is 0 Å². The van der Waals surface area contributed by atoms with Crippen LogP contribution >= 0.6 is 0 Å². The van der Waals surface area contributed by atoms with Gasteiger partial charge in [0.2, 0.25) is 5.91 Å². The van der Waals surface area contributed by atoms with Crippen LogP contribution in [0.25, 0.3) is 11.4 Å². The number of aryl methyl sites for hydroxylation is 1. The van der Waals surface area contributed by atoms with E-state index in [9.17, 15) is 27.9 Å². The van der Waals surface area contributed by atoms with Gasteiger partial charge in [-0.3, -0.25) is 4.79 Å². The minimum absolute atomic E-state index is 0.120. The number of piperidine rings is 1. The summed E-state index contributed by atoms with van der Waals surface area (Å²) in [6.07, 6.45) is -0.283. The van der Waals surface area contributed by atoms with E-state index in [2.05, 4.69) is 16.1 Å². The summed E-state index contributed by atoms with van der Waals surface area (Å²) in [5.41, 5.74) is 2.25. The summed E-state index contributed by atoms with van der Waals surface area (Å²) in [5.74, 6) is -1.02. The number of hydrogen-bond acceptors (Lipinski definition) is 6. The number of benzene rings is 1. The van der Waals surface area contributed by atoms with Gasteiger partial charge in [-0.05, 0) is 85.4 Å². The number of amides is 1. The predicted octanol–water partition coefficient (Wildman–Crippen LogP) is 5.01. The fraction of sp³-hybridized carbons (Fsp3) is 0.400. The van der Waals surface area contributed by atoms with E-state index in [0.717, 1.165) is 48.1 Å². The van der Waals surface area contributed by atoms with Gasteiger partial charge in [-0.1, -0.05) is 18.2 Å². The monoisotopic (exact) mass is 584 g/mol. The molecule has 0 atom stereocenters. The zero-order chi connectivity index (χ0) is 30.0. The fourth-order valence-corrected chi connectivity index (χ4v) is 5.75. The van der Waals surface area contributed by atoms with Crippen molar-refractivity contribution in [2.75, 3.05) is 26.3 Å². The summed E-state index contributed by atoms with van der Waals surface area (Å²) in [5, 5.41) is 22.0. The van der Waals surface area contributed by atoms with Crippen molar-refractivity contribution in [3.05, 3.63) is 76.2 Å². The molecule has 3 aromatic rings. The second-order valence-electron chi connectivity index (χ2n) is 10.6. The average molecular weight is 585 g/mol. The molecule has 5 rings (SSSR count). The molecule has 12 heteroatoms. The van der Waals surface area contributed by atoms with Gasteiger partial charge in [-0.25, -0.2) is 14.5 Å². The van der Waals surface area contributed by atoms with Gasteiger partial charge in [-0.2, -0.15) is 18.3 Å². The molecule has 1 aromatic carbocycles. The van der Waals surface area contributed by atoms with E-state index in [1.165, 1.54) is 11.6 Å². The smallest absolute Gasteiger partial charge is 0.434 e. The number of halogens is 3. The predicted molar refractivity (Wildman–Crippen MR) is 146 cm³/mol. The minimum Gasteiger partial charge on any atom is -0.489 e. The molecule has 2 aromatic heterocycles. The third-order valence-electron chi connectivity index (χ3n) is 7.92. The first-order chi connectivity index (χ1) is 20.1. The first-order valence-electron chi connectivity index (χ1n) is 13.8. The van der Waals surface area contributed by atoms with E-state index < -0.39 is 30.0 Å². The first kappa shape index (κ1) is 29.3. The number of carbonyl (C=O) groups excluding carboxylic acids is 1. The summed E-state index contributed by atoms with van der Waals surface area (Å²) in [7, 11) is 0. The van der Waals surface area contributed by atoms with Gasteiger partial charge >= 0.3 is 12.1 Å². The number of aliphatic hydroxyl groups excluding tert-OH is 1. The van der Waals surface area contributed by atoms with Gasteiger partial charge in [0.15, 0.2) is 11.5 Å². The van der Waals surface area contributed by atoms with Crippen molar-refractivity contribution in [2.24, 2.45) is 0 Å². The fourth-order valence-electron chi connectivity index (χ4n) is 5.75. The Morgan fingerprint density at radius 2 is 1.88 bits per heavy atom. The van der Waals surface area contributed by atoms with Crippen molar-refractivity contribution < 1.29 is 37.7 Å². The molecule has 9 nitrogen and oxygen atoms in total. The Kier molecular flexibility index (Phi) is 8.35. The van der Waals surface area contributed by atoms with Gasteiger partial charge in [-0.15, -0.1) is 0 Å². The van der Waals surface area contributed by atoms with Crippen molar-refractivity contribution in [3.63, 3.8) is 0 Å². The molecule has 1 aliphatic carbocycles. The Morgan fingerprint density at radius 3 is 2.55 bits per heavy atom. The molecule has 1 saturated heterocycles. The van der Waals surface area contributed by atoms with E-state index in [0.29, 0.717) is 48.6 Å². The number of rotatable bonds is 8. The summed E-state index contributed by atoms with van der Waals surface area (Å²) < 4.78 is 47.9. The highest BCUT2D eigenvalue weighted by molar-refractivity contribution is 5.89. The van der Waals surface area contributed by atoms with Crippen LogP contribution in [0.1, 0.15) is 70.9 Å². The Morgan fingerprint density at radius 1 is 1.12 bits per heavy atom. The number of carboxylic acid groups (broad SMARTS) is 1. The third-order valence-corrected chi connectivity index (χ3v) is 7.92. The Balaban J connectivity index is 1.31. The zero-order valence-corrected chi connectivity index (χ0v) is 23.0. The highest BCUT2D eigenvalue weighted by Crippen LogP contribution is 2.37. The SMILES string of the molecule is Cc1cc(C2CCN(C(=O)CO)CC2)ccc1OCC1=C(c2cccc(-n3ncc(C(=O)O)c3C(F)(F)F)n2)CCC1. The third kappa shape index (κ3) is 6.03. The number of carbonyl (C=O) groups is 2. The lowest BCUT2D eigenvalue weighted by atomic mass is 9.88. The quantitative estimate of drug-likeness (QED) is 0.382. The second kappa shape index (κ2) is 12.0. The van der Waals surface area contributed by atoms with Crippen LogP contribution < -0.4 is 4.74 Å². The van der Waals surface area contributed by atoms with Crippen molar-refractivity contribution in [2.45, 2.75) is 51.1 Å². The molecule has 1 fully saturated rings. The highest BCUT2D eigenvalue weighted by atomic mass is 19.4. The molecule has 0 spiro atoms. The number of likely N-dealkylation sites (tertiary alicyclic amines) is 1. The van der Waals surface area contributed by atoms with Gasteiger partial charge in [0, 0.05) is 13.1 Å². The van der Waals surface area contributed by atoms with Crippen LogP contribution in [0, 0.1) is 6.92 Å². The number of aromatic carboxylic acids is 1. The zero-order valence-electron chi connectivity index (χ0n) is 23.0. The van der Waals surface area contributed by atoms with E-state index in [-0.39, 0.29) is 11.7 Å². The maximum absolute atomic E-state index is 13.7. The van der Waals surface area contributed by atoms with Crippen molar-refractivity contribution in [1.82, 2.24) is 19.7 Å². The number of carboxylic acids is 1. The van der Waals surface area contributed by atoms with E-state index in [4.69, 9.17) is 9.84 Å². The Bertz CT molecular complexity index is 1520. The summed E-state index contributed by atoms with van der Waals surface area (Å²) in [6.45, 7) is 3.05. The summed E-state index contributed by atoms with van der Waals surface area (Å²) >= 11 is 0. The van der Waals surface area contributed by atoms with Gasteiger partial charge in [0.25, 0.3) is 0 Å². The topological polar surface area (TPSA) is 118 Å². The summed E-state index contributed by atoms with van der Waals surface area (Å²) in [4.78, 5) is 29.2. The molecular formula is C30H31F3N4O5. The molecule has 0 unspecified atom stereocenters. The molecule has 42 heavy (non-hydrogen) atoms. The van der Waals surface area contributed by atoms with Crippen LogP contribution in [0.2, 0.25) is 0 Å². The van der Waals surface area contributed by atoms with E-state index in [1.807, 2.05) is 19.1 Å². The second-order valence-corrected chi connectivity index (χ2v) is 10.6. The summed E-state index contributed by atoms with van der Waals surface area (Å²) in [6, 6.07) is 10.8. The number of aromatic nitrogens is 3. The maximum Gasteiger partial charge on any atom is 0.434 e. The van der Waals surface area contributed by atoms with Crippen LogP contribution in [-0.2, 0) is 11.0 Å². The molecular weight excluding hydrogens is 553 g/mol. The van der Waals surface area contributed by atoms with Crippen LogP contribution in [-0.4, -0.2) is 68.1 Å². The van der Waals surface area contributed by atoms with Gasteiger partial charge in [0.05, 0.1) is 11.9 Å². The maximum atomic E-state index is 13.7. The number of allylic oxidation sites excluding steroid dienone is 1. The largest absolute Gasteiger partial charge is 0.489 e. The molecule has 222 valence electrons. The van der Waals surface area contributed by atoms with Crippen molar-refractivity contribution in [1.29, 1.82) is 0 Å². The molecule has 0 radical (unpaired) electrons. The van der Waals surface area contributed by atoms with Crippen LogP contribution in [0.5, 0.6) is 5.75 Å². The standard InChI is InChI=1S/C30H31F3N4O5/c1-18-14-20(19-10-12-36(13-11-19)27(39)16-38)8-9-25(18)42-17-21-4-2-5-22(21)24-6-3-7-26(35-24)37-28(30(31,32)33)23(15-34-37)29(40)41/h3,6-9,14-15,19,38H,2,4-5,10-13,16-17H2,1H3,(H,40,41). The number of alkyl halides is 3. The number of nitrogens with zero attached hydrogens (tertiary/aromatic N) is 4. The molecule has 0 saturated carbocycles. The Labute approximate surface area is 240 Å². The molecule has 0 bridgehead atoms. The van der Waals surface area contributed by atoms with Crippen LogP contribution in [0.3, 0.4) is 0 Å². The normalized spacial score (nSPS) is 16.3. The Hall–Kier alpha value is -4.19. The molecule has 3 heterocycles. The lowest BCUT2D eigenvalue weighted by Gasteiger charge is -2.32.